The second-order valence-corrected chi connectivity index (χ2v) is 8.80. The molecule has 1 saturated heterocycles. The molecule has 1 aliphatic carbocycles. The summed E-state index contributed by atoms with van der Waals surface area (Å²) in [6.07, 6.45) is 0.447. The fraction of sp³-hybridized carbons (Fsp3) is 0.722. The molecule has 0 amide bonds. The van der Waals surface area contributed by atoms with E-state index >= 15 is 0 Å². The van der Waals surface area contributed by atoms with Crippen LogP contribution < -0.4 is 5.73 Å². The molecule has 1 aliphatic heterocycles. The minimum atomic E-state index is -0.784. The number of esters is 1. The Morgan fingerprint density at radius 1 is 1.33 bits per heavy atom. The van der Waals surface area contributed by atoms with E-state index in [-0.39, 0.29) is 31.0 Å². The topological polar surface area (TPSA) is 137 Å². The number of carbonyl (C=O) groups excluding carboxylic acids is 1. The number of carbonyl (C=O) groups is 1. The predicted molar refractivity (Wildman–Crippen MR) is 108 cm³/mol. The van der Waals surface area contributed by atoms with Crippen LogP contribution in [0, 0.1) is 0 Å². The van der Waals surface area contributed by atoms with Crippen LogP contribution in [0.25, 0.3) is 11.2 Å². The zero-order chi connectivity index (χ0) is 21.5. The van der Waals surface area contributed by atoms with E-state index < -0.39 is 11.8 Å². The maximum absolute atomic E-state index is 11.6. The molecule has 2 aromatic heterocycles. The van der Waals surface area contributed by atoms with Crippen molar-refractivity contribution >= 4 is 34.7 Å². The summed E-state index contributed by atoms with van der Waals surface area (Å²) in [7, 11) is 1.32. The standard InChI is InChI=1S/C18H26N6O5S/c1-5-6-30-17-20-15(19)12-16(21-17)24(23-22-12)9-7-10(27-8-11(25)26-4)14-13(9)28-18(2,3)29-14/h9-10,13-14H,5-8H2,1-4H3,(H2,19,20,21)/t9?,10-,13-,14+/m0/s1. The largest absolute Gasteiger partial charge is 0.467 e. The summed E-state index contributed by atoms with van der Waals surface area (Å²) in [6, 6.07) is -0.247. The summed E-state index contributed by atoms with van der Waals surface area (Å²) in [5.74, 6) is -0.0536. The predicted octanol–water partition coefficient (Wildman–Crippen LogP) is 1.33. The fourth-order valence-electron chi connectivity index (χ4n) is 3.86. The number of hydrogen-bond acceptors (Lipinski definition) is 11. The highest BCUT2D eigenvalue weighted by Crippen LogP contribution is 2.45. The lowest BCUT2D eigenvalue weighted by Crippen LogP contribution is -2.32. The highest BCUT2D eigenvalue weighted by molar-refractivity contribution is 7.99. The van der Waals surface area contributed by atoms with Gasteiger partial charge in [-0.2, -0.15) is 0 Å². The minimum absolute atomic E-state index is 0.161. The first-order valence-electron chi connectivity index (χ1n) is 9.88. The molecule has 0 bridgehead atoms. The van der Waals surface area contributed by atoms with Crippen LogP contribution >= 0.6 is 11.8 Å². The zero-order valence-corrected chi connectivity index (χ0v) is 18.2. The number of fused-ring (bicyclic) bond motifs is 2. The molecule has 1 saturated carbocycles. The molecule has 0 spiro atoms. The maximum atomic E-state index is 11.6. The normalized spacial score (nSPS) is 27.5. The van der Waals surface area contributed by atoms with Crippen LogP contribution in [0.2, 0.25) is 0 Å². The Bertz CT molecular complexity index is 937. The number of anilines is 1. The van der Waals surface area contributed by atoms with Crippen LogP contribution in [0.5, 0.6) is 0 Å². The van der Waals surface area contributed by atoms with Gasteiger partial charge in [-0.3, -0.25) is 0 Å². The molecule has 164 valence electrons. The van der Waals surface area contributed by atoms with Gasteiger partial charge in [-0.1, -0.05) is 23.9 Å². The number of hydrogen-bond donors (Lipinski definition) is 1. The van der Waals surface area contributed by atoms with Crippen molar-refractivity contribution in [2.24, 2.45) is 0 Å². The van der Waals surface area contributed by atoms with Gasteiger partial charge in [-0.05, 0) is 20.3 Å². The Morgan fingerprint density at radius 3 is 2.83 bits per heavy atom. The molecular formula is C18H26N6O5S. The quantitative estimate of drug-likeness (QED) is 0.381. The molecule has 4 rings (SSSR count). The summed E-state index contributed by atoms with van der Waals surface area (Å²) in [5.41, 5.74) is 7.10. The first-order valence-corrected chi connectivity index (χ1v) is 10.9. The summed E-state index contributed by atoms with van der Waals surface area (Å²) in [4.78, 5) is 20.5. The number of nitrogens with two attached hydrogens (primary N) is 1. The third kappa shape index (κ3) is 3.96. The van der Waals surface area contributed by atoms with Crippen molar-refractivity contribution in [1.82, 2.24) is 25.0 Å². The number of nitrogen functional groups attached to an aromatic ring is 1. The van der Waals surface area contributed by atoms with E-state index in [1.807, 2.05) is 13.8 Å². The van der Waals surface area contributed by atoms with E-state index in [1.54, 1.807) is 4.68 Å². The van der Waals surface area contributed by atoms with Crippen molar-refractivity contribution in [3.05, 3.63) is 0 Å². The van der Waals surface area contributed by atoms with Gasteiger partial charge >= 0.3 is 5.97 Å². The molecule has 2 aromatic rings. The molecular weight excluding hydrogens is 412 g/mol. The van der Waals surface area contributed by atoms with E-state index in [4.69, 9.17) is 19.9 Å². The third-order valence-electron chi connectivity index (χ3n) is 5.11. The lowest BCUT2D eigenvalue weighted by Gasteiger charge is -2.23. The van der Waals surface area contributed by atoms with Gasteiger partial charge in [0.1, 0.15) is 18.8 Å². The Kier molecular flexibility index (Phi) is 5.84. The van der Waals surface area contributed by atoms with Crippen LogP contribution in [0.4, 0.5) is 5.82 Å². The molecule has 0 radical (unpaired) electrons. The lowest BCUT2D eigenvalue weighted by atomic mass is 10.2. The SMILES string of the molecule is CCCSc1nc(N)c2nnn(C3C[C@H](OCC(=O)OC)[C@H]4OC(C)(C)O[C@@H]34)c2n1. The monoisotopic (exact) mass is 438 g/mol. The van der Waals surface area contributed by atoms with Gasteiger partial charge in [0.15, 0.2) is 27.9 Å². The molecule has 2 N–H and O–H groups in total. The van der Waals surface area contributed by atoms with E-state index in [1.165, 1.54) is 18.9 Å². The second-order valence-electron chi connectivity index (χ2n) is 7.74. The molecule has 2 aliphatic rings. The van der Waals surface area contributed by atoms with Gasteiger partial charge in [-0.15, -0.1) is 5.10 Å². The fourth-order valence-corrected chi connectivity index (χ4v) is 4.56. The average Bonchev–Trinajstić information content (AvgIpc) is 3.35. The first-order chi connectivity index (χ1) is 14.3. The van der Waals surface area contributed by atoms with Crippen molar-refractivity contribution in [3.8, 4) is 0 Å². The van der Waals surface area contributed by atoms with Crippen LogP contribution in [0.3, 0.4) is 0 Å². The molecule has 1 unspecified atom stereocenters. The molecule has 4 atom stereocenters. The van der Waals surface area contributed by atoms with Crippen molar-refractivity contribution in [2.45, 2.75) is 68.9 Å². The number of nitrogens with zero attached hydrogens (tertiary/aromatic N) is 5. The van der Waals surface area contributed by atoms with Crippen molar-refractivity contribution in [3.63, 3.8) is 0 Å². The van der Waals surface area contributed by atoms with Gasteiger partial charge in [0, 0.05) is 12.2 Å². The van der Waals surface area contributed by atoms with Gasteiger partial charge < -0.3 is 24.7 Å². The average molecular weight is 439 g/mol. The van der Waals surface area contributed by atoms with Crippen molar-refractivity contribution in [1.29, 1.82) is 0 Å². The van der Waals surface area contributed by atoms with Gasteiger partial charge in [0.2, 0.25) is 0 Å². The second kappa shape index (κ2) is 8.25. The highest BCUT2D eigenvalue weighted by Gasteiger charge is 2.56. The molecule has 3 heterocycles. The minimum Gasteiger partial charge on any atom is -0.467 e. The van der Waals surface area contributed by atoms with Gasteiger partial charge in [-0.25, -0.2) is 19.4 Å². The van der Waals surface area contributed by atoms with Crippen LogP contribution in [-0.2, 0) is 23.7 Å². The molecule has 2 fully saturated rings. The molecule has 12 heteroatoms. The van der Waals surface area contributed by atoms with Crippen molar-refractivity contribution in [2.75, 3.05) is 25.2 Å². The Morgan fingerprint density at radius 2 is 2.10 bits per heavy atom. The smallest absolute Gasteiger partial charge is 0.331 e. The Labute approximate surface area is 178 Å². The van der Waals surface area contributed by atoms with Crippen LogP contribution in [0.1, 0.15) is 39.7 Å². The summed E-state index contributed by atoms with van der Waals surface area (Å²) in [5, 5.41) is 9.08. The van der Waals surface area contributed by atoms with Crippen LogP contribution in [0.15, 0.2) is 5.16 Å². The highest BCUT2D eigenvalue weighted by atomic mass is 32.2. The third-order valence-corrected chi connectivity index (χ3v) is 6.16. The molecule has 11 nitrogen and oxygen atoms in total. The summed E-state index contributed by atoms with van der Waals surface area (Å²) < 4.78 is 24.4. The van der Waals surface area contributed by atoms with E-state index in [0.29, 0.717) is 28.6 Å². The zero-order valence-electron chi connectivity index (χ0n) is 17.4. The summed E-state index contributed by atoms with van der Waals surface area (Å²) >= 11 is 1.53. The number of methoxy groups -OCH3 is 1. The molecule has 30 heavy (non-hydrogen) atoms. The van der Waals surface area contributed by atoms with E-state index in [2.05, 4.69) is 31.9 Å². The van der Waals surface area contributed by atoms with Crippen LogP contribution in [-0.4, -0.2) is 74.5 Å². The summed E-state index contributed by atoms with van der Waals surface area (Å²) in [6.45, 7) is 5.62. The van der Waals surface area contributed by atoms with E-state index in [0.717, 1.165) is 12.2 Å². The Hall–Kier alpha value is -2.02. The van der Waals surface area contributed by atoms with Gasteiger partial charge in [0.25, 0.3) is 0 Å². The number of aromatic nitrogens is 5. The first kappa shape index (κ1) is 21.2. The van der Waals surface area contributed by atoms with Crippen molar-refractivity contribution < 1.29 is 23.7 Å². The van der Waals surface area contributed by atoms with E-state index in [9.17, 15) is 4.79 Å². The number of rotatable bonds is 7. The number of ether oxygens (including phenoxy) is 4. The molecule has 0 aromatic carbocycles. The van der Waals surface area contributed by atoms with Gasteiger partial charge in [0.05, 0.1) is 19.3 Å². The number of thioether (sulfide) groups is 1. The lowest BCUT2D eigenvalue weighted by molar-refractivity contribution is -0.173. The Balaban J connectivity index is 1.66. The maximum Gasteiger partial charge on any atom is 0.331 e.